The van der Waals surface area contributed by atoms with Gasteiger partial charge in [0, 0.05) is 11.0 Å². The molecule has 0 aliphatic heterocycles. The summed E-state index contributed by atoms with van der Waals surface area (Å²) >= 11 is 15.7. The first-order valence-electron chi connectivity index (χ1n) is 9.88. The largest absolute Gasteiger partial charge is 0.493 e. The maximum atomic E-state index is 6.08. The summed E-state index contributed by atoms with van der Waals surface area (Å²) in [7, 11) is 1.65. The van der Waals surface area contributed by atoms with Crippen LogP contribution in [0, 0.1) is 0 Å². The molecule has 156 valence electrons. The van der Waals surface area contributed by atoms with Crippen LogP contribution in [0.3, 0.4) is 0 Å². The lowest BCUT2D eigenvalue weighted by Gasteiger charge is -2.16. The van der Waals surface area contributed by atoms with Crippen molar-refractivity contribution in [2.24, 2.45) is 0 Å². The predicted molar refractivity (Wildman–Crippen MR) is 124 cm³/mol. The van der Waals surface area contributed by atoms with E-state index in [1.807, 2.05) is 24.3 Å². The molecule has 1 aliphatic carbocycles. The fourth-order valence-electron chi connectivity index (χ4n) is 3.38. The van der Waals surface area contributed by atoms with Gasteiger partial charge >= 0.3 is 0 Å². The van der Waals surface area contributed by atoms with E-state index in [0.717, 1.165) is 35.1 Å². The number of ether oxygens (including phenoxy) is 2. The highest BCUT2D eigenvalue weighted by Gasteiger charge is 2.11. The van der Waals surface area contributed by atoms with Crippen LogP contribution in [0.25, 0.3) is 0 Å². The Morgan fingerprint density at radius 3 is 2.66 bits per heavy atom. The molecular formula is C23H26BrCl2NO2. The molecule has 0 bridgehead atoms. The third kappa shape index (κ3) is 6.65. The van der Waals surface area contributed by atoms with Crippen molar-refractivity contribution in [3.8, 4) is 11.5 Å². The third-order valence-corrected chi connectivity index (χ3v) is 6.51. The van der Waals surface area contributed by atoms with Gasteiger partial charge < -0.3 is 14.8 Å². The Hall–Kier alpha value is -1.20. The number of hydrogen-bond acceptors (Lipinski definition) is 3. The van der Waals surface area contributed by atoms with Crippen LogP contribution in [0.15, 0.2) is 46.5 Å². The number of halogens is 3. The average molecular weight is 499 g/mol. The minimum absolute atomic E-state index is 0.381. The maximum Gasteiger partial charge on any atom is 0.162 e. The van der Waals surface area contributed by atoms with Gasteiger partial charge in [0.25, 0.3) is 0 Å². The first kappa shape index (κ1) is 22.5. The number of hydrogen-bond donors (Lipinski definition) is 1. The van der Waals surface area contributed by atoms with Gasteiger partial charge in [0.2, 0.25) is 0 Å². The highest BCUT2D eigenvalue weighted by Crippen LogP contribution is 2.34. The molecule has 2 aromatic rings. The minimum Gasteiger partial charge on any atom is -0.493 e. The van der Waals surface area contributed by atoms with Gasteiger partial charge in [-0.15, -0.1) is 0 Å². The first-order chi connectivity index (χ1) is 14.1. The van der Waals surface area contributed by atoms with Crippen LogP contribution in [-0.4, -0.2) is 13.7 Å². The predicted octanol–water partition coefficient (Wildman–Crippen LogP) is 7.32. The smallest absolute Gasteiger partial charge is 0.162 e. The molecule has 0 unspecified atom stereocenters. The van der Waals surface area contributed by atoms with Crippen LogP contribution >= 0.6 is 39.1 Å². The lowest BCUT2D eigenvalue weighted by molar-refractivity contribution is 0.284. The Labute approximate surface area is 191 Å². The van der Waals surface area contributed by atoms with Crippen LogP contribution in [0.2, 0.25) is 10.0 Å². The summed E-state index contributed by atoms with van der Waals surface area (Å²) in [4.78, 5) is 0. The summed E-state index contributed by atoms with van der Waals surface area (Å²) in [5.74, 6) is 1.39. The van der Waals surface area contributed by atoms with Crippen LogP contribution in [0.1, 0.15) is 43.2 Å². The van der Waals surface area contributed by atoms with Crippen LogP contribution in [0.4, 0.5) is 0 Å². The fourth-order valence-corrected chi connectivity index (χ4v) is 4.16. The molecule has 2 aromatic carbocycles. The van der Waals surface area contributed by atoms with Gasteiger partial charge in [0.05, 0.1) is 17.2 Å². The minimum atomic E-state index is 0.381. The summed E-state index contributed by atoms with van der Waals surface area (Å²) in [6.07, 6.45) is 8.69. The zero-order valence-electron chi connectivity index (χ0n) is 16.6. The Morgan fingerprint density at radius 1 is 1.07 bits per heavy atom. The summed E-state index contributed by atoms with van der Waals surface area (Å²) in [5, 5.41) is 4.59. The number of allylic oxidation sites excluding steroid dienone is 1. The standard InChI is InChI=1S/C23H26BrCl2NO2/c1-28-22-12-18(14-27-10-9-16-5-3-2-4-6-16)19(24)13-23(22)29-15-17-7-8-20(25)21(26)11-17/h5,7-8,11-13,27H,2-4,6,9-10,14-15H2,1H3. The second-order valence-electron chi connectivity index (χ2n) is 7.17. The second kappa shape index (κ2) is 11.3. The van der Waals surface area contributed by atoms with Crippen molar-refractivity contribution in [1.29, 1.82) is 0 Å². The fraction of sp³-hybridized carbons (Fsp3) is 0.391. The number of rotatable bonds is 9. The molecule has 0 fully saturated rings. The Balaban J connectivity index is 1.57. The molecule has 3 nitrogen and oxygen atoms in total. The Morgan fingerprint density at radius 2 is 1.93 bits per heavy atom. The summed E-state index contributed by atoms with van der Waals surface area (Å²) in [6, 6.07) is 9.45. The van der Waals surface area contributed by atoms with Crippen LogP contribution in [-0.2, 0) is 13.2 Å². The maximum absolute atomic E-state index is 6.08. The first-order valence-corrected chi connectivity index (χ1v) is 11.4. The zero-order valence-corrected chi connectivity index (χ0v) is 19.7. The van der Waals surface area contributed by atoms with Gasteiger partial charge in [-0.25, -0.2) is 0 Å². The van der Waals surface area contributed by atoms with E-state index in [9.17, 15) is 0 Å². The van der Waals surface area contributed by atoms with E-state index in [0.29, 0.717) is 28.2 Å². The van der Waals surface area contributed by atoms with Crippen molar-refractivity contribution in [3.05, 3.63) is 67.6 Å². The Bertz CT molecular complexity index is 870. The van der Waals surface area contributed by atoms with Gasteiger partial charge in [0.1, 0.15) is 6.61 Å². The summed E-state index contributed by atoms with van der Waals surface area (Å²) < 4.78 is 12.5. The third-order valence-electron chi connectivity index (χ3n) is 5.03. The SMILES string of the molecule is COc1cc(CNCCC2=CCCCC2)c(Br)cc1OCc1ccc(Cl)c(Cl)c1. The molecule has 0 saturated heterocycles. The summed E-state index contributed by atoms with van der Waals surface area (Å²) in [6.45, 7) is 2.14. The van der Waals surface area contributed by atoms with Crippen molar-refractivity contribution in [1.82, 2.24) is 5.32 Å². The van der Waals surface area contributed by atoms with Gasteiger partial charge in [-0.05, 0) is 74.0 Å². The topological polar surface area (TPSA) is 30.5 Å². The molecule has 0 heterocycles. The van der Waals surface area contributed by atoms with E-state index in [2.05, 4.69) is 27.3 Å². The van der Waals surface area contributed by atoms with Crippen molar-refractivity contribution >= 4 is 39.1 Å². The number of nitrogens with one attached hydrogen (secondary N) is 1. The van der Waals surface area contributed by atoms with E-state index in [4.69, 9.17) is 32.7 Å². The normalized spacial score (nSPS) is 13.9. The lowest BCUT2D eigenvalue weighted by Crippen LogP contribution is -2.16. The number of benzene rings is 2. The van der Waals surface area contributed by atoms with Crippen molar-refractivity contribution in [3.63, 3.8) is 0 Å². The van der Waals surface area contributed by atoms with Crippen molar-refractivity contribution in [2.75, 3.05) is 13.7 Å². The highest BCUT2D eigenvalue weighted by atomic mass is 79.9. The zero-order chi connectivity index (χ0) is 20.6. The molecular weight excluding hydrogens is 473 g/mol. The van der Waals surface area contributed by atoms with E-state index in [-0.39, 0.29) is 0 Å². The van der Waals surface area contributed by atoms with Gasteiger partial charge in [0.15, 0.2) is 11.5 Å². The van der Waals surface area contributed by atoms with E-state index in [1.165, 1.54) is 25.7 Å². The van der Waals surface area contributed by atoms with E-state index >= 15 is 0 Å². The van der Waals surface area contributed by atoms with E-state index in [1.54, 1.807) is 18.7 Å². The molecule has 0 saturated carbocycles. The second-order valence-corrected chi connectivity index (χ2v) is 8.84. The van der Waals surface area contributed by atoms with Crippen molar-refractivity contribution < 1.29 is 9.47 Å². The molecule has 0 aromatic heterocycles. The van der Waals surface area contributed by atoms with Gasteiger partial charge in [-0.2, -0.15) is 0 Å². The molecule has 1 N–H and O–H groups in total. The monoisotopic (exact) mass is 497 g/mol. The molecule has 0 amide bonds. The van der Waals surface area contributed by atoms with E-state index < -0.39 is 0 Å². The lowest BCUT2D eigenvalue weighted by atomic mass is 9.97. The van der Waals surface area contributed by atoms with Crippen LogP contribution in [0.5, 0.6) is 11.5 Å². The molecule has 6 heteroatoms. The molecule has 0 atom stereocenters. The van der Waals surface area contributed by atoms with Gasteiger partial charge in [-0.1, -0.05) is 56.8 Å². The molecule has 3 rings (SSSR count). The number of methoxy groups -OCH3 is 1. The molecule has 0 spiro atoms. The van der Waals surface area contributed by atoms with Crippen molar-refractivity contribution in [2.45, 2.75) is 45.3 Å². The Kier molecular flexibility index (Phi) is 8.73. The van der Waals surface area contributed by atoms with Crippen LogP contribution < -0.4 is 14.8 Å². The summed E-state index contributed by atoms with van der Waals surface area (Å²) in [5.41, 5.74) is 3.67. The molecule has 0 radical (unpaired) electrons. The molecule has 1 aliphatic rings. The highest BCUT2D eigenvalue weighted by molar-refractivity contribution is 9.10. The van der Waals surface area contributed by atoms with Gasteiger partial charge in [-0.3, -0.25) is 0 Å². The quantitative estimate of drug-likeness (QED) is 0.290. The average Bonchev–Trinajstić information content (AvgIpc) is 2.73. The molecule has 29 heavy (non-hydrogen) atoms.